The molecule has 176 valence electrons. The number of morpholine rings is 1. The van der Waals surface area contributed by atoms with Gasteiger partial charge in [-0.2, -0.15) is 0 Å². The molecule has 2 aliphatic rings. The average molecular weight is 496 g/mol. The van der Waals surface area contributed by atoms with Gasteiger partial charge in [-0.3, -0.25) is 19.3 Å². The molecule has 2 atom stereocenters. The fraction of sp³-hybridized carbons (Fsp3) is 0.360. The fourth-order valence-electron chi connectivity index (χ4n) is 4.55. The highest BCUT2D eigenvalue weighted by Gasteiger charge is 2.52. The summed E-state index contributed by atoms with van der Waals surface area (Å²) in [4.78, 5) is 49.8. The third kappa shape index (κ3) is 4.36. The molecule has 2 aromatic heterocycles. The number of likely N-dealkylation sites (tertiary alicyclic amines) is 1. The first-order valence-corrected chi connectivity index (χ1v) is 13.0. The Balaban J connectivity index is 1.45. The number of rotatable bonds is 7. The Morgan fingerprint density at radius 2 is 1.85 bits per heavy atom. The molecule has 9 heteroatoms. The lowest BCUT2D eigenvalue weighted by Gasteiger charge is -2.31. The van der Waals surface area contributed by atoms with Crippen molar-refractivity contribution in [2.45, 2.75) is 13.0 Å². The van der Waals surface area contributed by atoms with Crippen molar-refractivity contribution in [2.75, 3.05) is 39.4 Å². The predicted octanol–water partition coefficient (Wildman–Crippen LogP) is 3.46. The Morgan fingerprint density at radius 1 is 1.09 bits per heavy atom. The minimum atomic E-state index is -1.06. The van der Waals surface area contributed by atoms with Crippen LogP contribution in [0.1, 0.15) is 26.3 Å². The Bertz CT molecular complexity index is 1190. The lowest BCUT2D eigenvalue weighted by Crippen LogP contribution is -2.42. The van der Waals surface area contributed by atoms with E-state index in [0.717, 1.165) is 28.5 Å². The number of ether oxygens (including phenoxy) is 1. The molecule has 1 aromatic carbocycles. The summed E-state index contributed by atoms with van der Waals surface area (Å²) in [6, 6.07) is 12.9. The van der Waals surface area contributed by atoms with E-state index in [9.17, 15) is 14.4 Å². The number of Topliss-reactive ketones (excluding diaryl/α,β-unsaturated/α-hetero) is 2. The van der Waals surface area contributed by atoms with Crippen LogP contribution >= 0.6 is 22.7 Å². The van der Waals surface area contributed by atoms with E-state index in [1.165, 1.54) is 22.7 Å². The maximum Gasteiger partial charge on any atom is 0.291 e. The monoisotopic (exact) mass is 495 g/mol. The third-order valence-corrected chi connectivity index (χ3v) is 8.49. The molecule has 3 aromatic rings. The molecule has 34 heavy (non-hydrogen) atoms. The van der Waals surface area contributed by atoms with Gasteiger partial charge in [-0.25, -0.2) is 4.98 Å². The molecule has 0 bridgehead atoms. The number of benzene rings is 1. The topological polar surface area (TPSA) is 79.8 Å². The second-order valence-corrected chi connectivity index (χ2v) is 10.4. The standard InChI is InChI=1S/C25H25N3O4S2/c1-16-23(34-24(26-16)17-6-3-2-4-7-17)21(29)19-20(18-8-5-15-33-18)28(25(31)22(19)30)10-9-27-11-13-32-14-12-27/h2-8,15,19-20H,9-14H2,1H3. The fourth-order valence-corrected chi connectivity index (χ4v) is 6.47. The summed E-state index contributed by atoms with van der Waals surface area (Å²) in [6.45, 7) is 5.74. The van der Waals surface area contributed by atoms with Gasteiger partial charge in [-0.05, 0) is 18.4 Å². The minimum Gasteiger partial charge on any atom is -0.379 e. The molecule has 2 aliphatic heterocycles. The van der Waals surface area contributed by atoms with Gasteiger partial charge in [0.1, 0.15) is 10.9 Å². The smallest absolute Gasteiger partial charge is 0.291 e. The van der Waals surface area contributed by atoms with E-state index in [2.05, 4.69) is 9.88 Å². The Hall–Kier alpha value is -2.72. The lowest BCUT2D eigenvalue weighted by atomic mass is 9.92. The number of thiophene rings is 1. The molecular weight excluding hydrogens is 470 g/mol. The molecule has 2 saturated heterocycles. The highest BCUT2D eigenvalue weighted by molar-refractivity contribution is 7.17. The molecule has 4 heterocycles. The van der Waals surface area contributed by atoms with Crippen molar-refractivity contribution in [1.82, 2.24) is 14.8 Å². The van der Waals surface area contributed by atoms with Crippen LogP contribution in [-0.2, 0) is 14.3 Å². The summed E-state index contributed by atoms with van der Waals surface area (Å²) in [7, 11) is 0. The van der Waals surface area contributed by atoms with Crippen molar-refractivity contribution in [2.24, 2.45) is 5.92 Å². The zero-order chi connectivity index (χ0) is 23.7. The van der Waals surface area contributed by atoms with Gasteiger partial charge in [0.25, 0.3) is 5.91 Å². The Labute approximate surface area is 206 Å². The quantitative estimate of drug-likeness (QED) is 0.284. The summed E-state index contributed by atoms with van der Waals surface area (Å²) >= 11 is 2.75. The Morgan fingerprint density at radius 3 is 2.56 bits per heavy atom. The number of carbonyl (C=O) groups excluding carboxylic acids is 3. The molecule has 0 aliphatic carbocycles. The van der Waals surface area contributed by atoms with Crippen LogP contribution in [0, 0.1) is 12.8 Å². The number of nitrogens with zero attached hydrogens (tertiary/aromatic N) is 3. The maximum absolute atomic E-state index is 13.8. The van der Waals surface area contributed by atoms with Crippen LogP contribution in [0.25, 0.3) is 10.6 Å². The number of ketones is 2. The molecule has 1 amide bonds. The van der Waals surface area contributed by atoms with Crippen molar-refractivity contribution in [1.29, 1.82) is 0 Å². The average Bonchev–Trinajstić information content (AvgIpc) is 3.58. The third-order valence-electron chi connectivity index (χ3n) is 6.32. The van der Waals surface area contributed by atoms with Gasteiger partial charge in [-0.1, -0.05) is 36.4 Å². The summed E-state index contributed by atoms with van der Waals surface area (Å²) in [6.07, 6.45) is 0. The summed E-state index contributed by atoms with van der Waals surface area (Å²) < 4.78 is 5.41. The zero-order valence-electron chi connectivity index (χ0n) is 18.8. The first-order valence-electron chi connectivity index (χ1n) is 11.3. The van der Waals surface area contributed by atoms with Crippen LogP contribution in [0.3, 0.4) is 0 Å². The normalized spacial score (nSPS) is 21.4. The summed E-state index contributed by atoms with van der Waals surface area (Å²) in [5.74, 6) is -2.57. The van der Waals surface area contributed by atoms with Crippen LogP contribution in [0.5, 0.6) is 0 Å². The van der Waals surface area contributed by atoms with E-state index >= 15 is 0 Å². The molecule has 2 fully saturated rings. The van der Waals surface area contributed by atoms with Crippen molar-refractivity contribution >= 4 is 40.1 Å². The second kappa shape index (κ2) is 9.87. The van der Waals surface area contributed by atoms with Crippen LogP contribution in [0.2, 0.25) is 0 Å². The van der Waals surface area contributed by atoms with Crippen molar-refractivity contribution in [3.63, 3.8) is 0 Å². The summed E-state index contributed by atoms with van der Waals surface area (Å²) in [5.41, 5.74) is 1.51. The minimum absolute atomic E-state index is 0.317. The van der Waals surface area contributed by atoms with Gasteiger partial charge < -0.3 is 9.64 Å². The first-order chi connectivity index (χ1) is 16.5. The van der Waals surface area contributed by atoms with Crippen LogP contribution in [0.4, 0.5) is 0 Å². The van der Waals surface area contributed by atoms with Crippen LogP contribution < -0.4 is 0 Å². The number of amides is 1. The van der Waals surface area contributed by atoms with Gasteiger partial charge >= 0.3 is 0 Å². The molecule has 7 nitrogen and oxygen atoms in total. The molecule has 5 rings (SSSR count). The van der Waals surface area contributed by atoms with E-state index in [-0.39, 0.29) is 5.78 Å². The molecule has 0 radical (unpaired) electrons. The molecular formula is C25H25N3O4S2. The number of aromatic nitrogens is 1. The van der Waals surface area contributed by atoms with Gasteiger partial charge in [0.05, 0.1) is 29.8 Å². The number of hydrogen-bond acceptors (Lipinski definition) is 8. The van der Waals surface area contributed by atoms with E-state index in [4.69, 9.17) is 4.74 Å². The van der Waals surface area contributed by atoms with E-state index < -0.39 is 23.7 Å². The zero-order valence-corrected chi connectivity index (χ0v) is 20.4. The molecule has 2 unspecified atom stereocenters. The Kier molecular flexibility index (Phi) is 6.69. The molecule has 0 N–H and O–H groups in total. The highest BCUT2D eigenvalue weighted by atomic mass is 32.1. The highest BCUT2D eigenvalue weighted by Crippen LogP contribution is 2.41. The van der Waals surface area contributed by atoms with Gasteiger partial charge in [0, 0.05) is 36.6 Å². The number of hydrogen-bond donors (Lipinski definition) is 0. The van der Waals surface area contributed by atoms with E-state index in [1.54, 1.807) is 11.8 Å². The van der Waals surface area contributed by atoms with Crippen LogP contribution in [0.15, 0.2) is 47.8 Å². The van der Waals surface area contributed by atoms with E-state index in [0.29, 0.717) is 36.9 Å². The van der Waals surface area contributed by atoms with Gasteiger partial charge in [-0.15, -0.1) is 22.7 Å². The SMILES string of the molecule is Cc1nc(-c2ccccc2)sc1C(=O)C1C(=O)C(=O)N(CCN2CCOCC2)C1c1cccs1. The van der Waals surface area contributed by atoms with Gasteiger partial charge in [0.2, 0.25) is 5.78 Å². The molecule has 0 saturated carbocycles. The first kappa shape index (κ1) is 23.0. The maximum atomic E-state index is 13.8. The summed E-state index contributed by atoms with van der Waals surface area (Å²) in [5, 5.41) is 2.64. The number of aryl methyl sites for hydroxylation is 1. The second-order valence-electron chi connectivity index (χ2n) is 8.42. The van der Waals surface area contributed by atoms with E-state index in [1.807, 2.05) is 47.8 Å². The van der Waals surface area contributed by atoms with Crippen molar-refractivity contribution < 1.29 is 19.1 Å². The number of thiazole rings is 1. The van der Waals surface area contributed by atoms with Gasteiger partial charge in [0.15, 0.2) is 5.78 Å². The van der Waals surface area contributed by atoms with Crippen LogP contribution in [-0.4, -0.2) is 71.7 Å². The molecule has 0 spiro atoms. The van der Waals surface area contributed by atoms with Crippen molar-refractivity contribution in [3.05, 3.63) is 63.3 Å². The predicted molar refractivity (Wildman–Crippen MR) is 131 cm³/mol. The largest absolute Gasteiger partial charge is 0.379 e. The lowest BCUT2D eigenvalue weighted by molar-refractivity contribution is -0.141. The number of carbonyl (C=O) groups is 3. The van der Waals surface area contributed by atoms with Crippen molar-refractivity contribution in [3.8, 4) is 10.6 Å².